The fourth-order valence-electron chi connectivity index (χ4n) is 4.95. The van der Waals surface area contributed by atoms with E-state index in [0.717, 1.165) is 54.1 Å². The van der Waals surface area contributed by atoms with Gasteiger partial charge in [-0.1, -0.05) is 5.21 Å². The summed E-state index contributed by atoms with van der Waals surface area (Å²) in [6, 6.07) is 9.07. The quantitative estimate of drug-likeness (QED) is 0.486. The molecule has 1 N–H and O–H groups in total. The van der Waals surface area contributed by atoms with Crippen LogP contribution in [0.1, 0.15) is 18.5 Å². The van der Waals surface area contributed by atoms with E-state index in [1.165, 1.54) is 0 Å². The number of morpholine rings is 1. The Bertz CT molecular complexity index is 1320. The fraction of sp³-hybridized carbons (Fsp3) is 0.417. The summed E-state index contributed by atoms with van der Waals surface area (Å²) in [7, 11) is 4.03. The van der Waals surface area contributed by atoms with Gasteiger partial charge in [0.15, 0.2) is 11.6 Å². The summed E-state index contributed by atoms with van der Waals surface area (Å²) >= 11 is 0. The van der Waals surface area contributed by atoms with Crippen LogP contribution in [0.2, 0.25) is 0 Å². The molecule has 2 fully saturated rings. The van der Waals surface area contributed by atoms with E-state index in [9.17, 15) is 0 Å². The molecule has 0 aromatic carbocycles. The molecule has 3 atom stereocenters. The number of likely N-dealkylation sites (N-methyl/N-ethyl adjacent to an activating group) is 1. The Hall–Kier alpha value is -3.50. The van der Waals surface area contributed by atoms with Gasteiger partial charge in [-0.15, -0.1) is 5.10 Å². The van der Waals surface area contributed by atoms with Crippen molar-refractivity contribution in [2.75, 3.05) is 25.6 Å². The van der Waals surface area contributed by atoms with Crippen molar-refractivity contribution in [2.24, 2.45) is 7.05 Å². The van der Waals surface area contributed by atoms with Crippen LogP contribution in [-0.2, 0) is 11.8 Å². The van der Waals surface area contributed by atoms with Crippen LogP contribution in [0.3, 0.4) is 0 Å². The Morgan fingerprint density at radius 2 is 1.91 bits per heavy atom. The van der Waals surface area contributed by atoms with Crippen LogP contribution in [0, 0.1) is 6.92 Å². The highest BCUT2D eigenvalue weighted by atomic mass is 16.5. The van der Waals surface area contributed by atoms with Crippen molar-refractivity contribution in [3.05, 3.63) is 48.5 Å². The zero-order chi connectivity index (χ0) is 23.2. The molecule has 2 aliphatic rings. The van der Waals surface area contributed by atoms with Crippen molar-refractivity contribution in [2.45, 2.75) is 38.0 Å². The van der Waals surface area contributed by atoms with Gasteiger partial charge < -0.3 is 14.8 Å². The molecule has 2 aliphatic heterocycles. The van der Waals surface area contributed by atoms with Crippen LogP contribution in [0.5, 0.6) is 5.75 Å². The van der Waals surface area contributed by atoms with Crippen molar-refractivity contribution < 1.29 is 9.47 Å². The largest absolute Gasteiger partial charge is 0.488 e. The van der Waals surface area contributed by atoms with Crippen LogP contribution in [0.4, 0.5) is 11.6 Å². The number of aromatic nitrogens is 6. The summed E-state index contributed by atoms with van der Waals surface area (Å²) in [6.07, 6.45) is 7.70. The van der Waals surface area contributed by atoms with Gasteiger partial charge in [0.25, 0.3) is 0 Å². The van der Waals surface area contributed by atoms with Crippen molar-refractivity contribution in [3.63, 3.8) is 0 Å². The number of nitrogens with one attached hydrogen (secondary N) is 1. The average Bonchev–Trinajstić information content (AvgIpc) is 3.40. The minimum Gasteiger partial charge on any atom is -0.488 e. The molecule has 0 radical (unpaired) electrons. The maximum atomic E-state index is 6.58. The molecular formula is C24H28N8O2. The molecular weight excluding hydrogens is 432 g/mol. The molecule has 34 heavy (non-hydrogen) atoms. The number of nitrogens with zero attached hydrogens (tertiary/aromatic N) is 7. The molecule has 10 heteroatoms. The van der Waals surface area contributed by atoms with Gasteiger partial charge in [0.1, 0.15) is 11.9 Å². The van der Waals surface area contributed by atoms with Gasteiger partial charge in [-0.2, -0.15) is 5.10 Å². The first kappa shape index (κ1) is 21.1. The van der Waals surface area contributed by atoms with E-state index in [2.05, 4.69) is 55.9 Å². The highest BCUT2D eigenvalue weighted by molar-refractivity contribution is 5.75. The Morgan fingerprint density at radius 1 is 1.09 bits per heavy atom. The third-order valence-corrected chi connectivity index (χ3v) is 6.77. The number of aryl methyl sites for hydroxylation is 2. The first-order valence-electron chi connectivity index (χ1n) is 11.6. The number of fused-ring (bicyclic) bond motifs is 3. The first-order chi connectivity index (χ1) is 16.5. The third kappa shape index (κ3) is 3.99. The van der Waals surface area contributed by atoms with Gasteiger partial charge in [0, 0.05) is 55.5 Å². The van der Waals surface area contributed by atoms with E-state index < -0.39 is 0 Å². The topological polar surface area (TPSA) is 94.6 Å². The Morgan fingerprint density at radius 3 is 2.68 bits per heavy atom. The highest BCUT2D eigenvalue weighted by Gasteiger charge is 2.38. The van der Waals surface area contributed by atoms with E-state index in [-0.39, 0.29) is 6.10 Å². The minimum absolute atomic E-state index is 0.153. The molecule has 1 unspecified atom stereocenters. The molecule has 0 amide bonds. The summed E-state index contributed by atoms with van der Waals surface area (Å²) in [5, 5.41) is 15.8. The van der Waals surface area contributed by atoms with E-state index >= 15 is 0 Å². The number of ether oxygens (including phenoxy) is 2. The molecule has 4 aromatic heterocycles. The number of piperidine rings is 1. The zero-order valence-electron chi connectivity index (χ0n) is 19.5. The first-order valence-corrected chi connectivity index (χ1v) is 11.6. The lowest BCUT2D eigenvalue weighted by atomic mass is 9.92. The Labute approximate surface area is 197 Å². The lowest BCUT2D eigenvalue weighted by Gasteiger charge is -2.46. The normalized spacial score (nSPS) is 22.7. The lowest BCUT2D eigenvalue weighted by Crippen LogP contribution is -2.57. The highest BCUT2D eigenvalue weighted by Crippen LogP contribution is 2.35. The number of hydrogen-bond donors (Lipinski definition) is 1. The van der Waals surface area contributed by atoms with Crippen LogP contribution in [0.15, 0.2) is 42.9 Å². The second-order valence-electron chi connectivity index (χ2n) is 9.26. The van der Waals surface area contributed by atoms with Crippen molar-refractivity contribution >= 4 is 17.2 Å². The maximum absolute atomic E-state index is 6.58. The van der Waals surface area contributed by atoms with Crippen molar-refractivity contribution in [3.8, 4) is 16.9 Å². The van der Waals surface area contributed by atoms with Gasteiger partial charge >= 0.3 is 0 Å². The van der Waals surface area contributed by atoms with Crippen molar-refractivity contribution in [1.29, 1.82) is 0 Å². The smallest absolute Gasteiger partial charge is 0.174 e. The fourth-order valence-corrected chi connectivity index (χ4v) is 4.95. The monoisotopic (exact) mass is 460 g/mol. The molecule has 0 aliphatic carbocycles. The summed E-state index contributed by atoms with van der Waals surface area (Å²) in [6.45, 7) is 3.55. The van der Waals surface area contributed by atoms with Gasteiger partial charge in [-0.3, -0.25) is 14.6 Å². The SMILES string of the molecule is Cc1cc(-c2ccn3nc(Nc4cn(C)nn4)cc3c2)c(OC2C[C@H]3COC[C@@H](C2)N3C)cn1. The minimum atomic E-state index is 0.153. The van der Waals surface area contributed by atoms with Gasteiger partial charge in [-0.05, 0) is 37.7 Å². The molecule has 6 heterocycles. The van der Waals surface area contributed by atoms with E-state index in [0.29, 0.717) is 23.7 Å². The molecule has 10 nitrogen and oxygen atoms in total. The molecule has 2 saturated heterocycles. The van der Waals surface area contributed by atoms with E-state index in [4.69, 9.17) is 9.47 Å². The molecule has 4 aromatic rings. The summed E-state index contributed by atoms with van der Waals surface area (Å²) < 4.78 is 15.8. The summed E-state index contributed by atoms with van der Waals surface area (Å²) in [5.41, 5.74) is 4.03. The van der Waals surface area contributed by atoms with Crippen LogP contribution in [0.25, 0.3) is 16.6 Å². The lowest BCUT2D eigenvalue weighted by molar-refractivity contribution is -0.0879. The van der Waals surface area contributed by atoms with E-state index in [1.807, 2.05) is 43.1 Å². The third-order valence-electron chi connectivity index (χ3n) is 6.77. The average molecular weight is 461 g/mol. The second kappa shape index (κ2) is 8.37. The zero-order valence-corrected chi connectivity index (χ0v) is 19.5. The van der Waals surface area contributed by atoms with Crippen molar-refractivity contribution in [1.82, 2.24) is 34.5 Å². The Balaban J connectivity index is 1.28. The van der Waals surface area contributed by atoms with Gasteiger partial charge in [0.2, 0.25) is 0 Å². The molecule has 0 spiro atoms. The second-order valence-corrected chi connectivity index (χ2v) is 9.26. The van der Waals surface area contributed by atoms with Crippen LogP contribution < -0.4 is 10.1 Å². The van der Waals surface area contributed by atoms with Gasteiger partial charge in [-0.25, -0.2) is 4.52 Å². The summed E-state index contributed by atoms with van der Waals surface area (Å²) in [5.74, 6) is 2.18. The van der Waals surface area contributed by atoms with Crippen LogP contribution in [-0.4, -0.2) is 72.9 Å². The Kier molecular flexibility index (Phi) is 5.19. The predicted molar refractivity (Wildman–Crippen MR) is 127 cm³/mol. The standard InChI is InChI=1S/C24H28N8O2/c1-15-6-21(22(11-25-15)34-20-8-18-13-33-14-19(9-20)31(18)3)16-4-5-32-17(7-16)10-23(28-32)26-24-12-30(2)29-27-24/h4-7,10-12,18-20H,8-9,13-14H2,1-3H3,(H,26,28)/t18-,19+,20?. The van der Waals surface area contributed by atoms with E-state index in [1.54, 1.807) is 4.68 Å². The number of hydrogen-bond acceptors (Lipinski definition) is 8. The molecule has 176 valence electrons. The molecule has 2 bridgehead atoms. The predicted octanol–water partition coefficient (Wildman–Crippen LogP) is 2.82. The van der Waals surface area contributed by atoms with Crippen LogP contribution >= 0.6 is 0 Å². The number of pyridine rings is 2. The molecule has 0 saturated carbocycles. The van der Waals surface area contributed by atoms with Gasteiger partial charge in [0.05, 0.1) is 31.1 Å². The maximum Gasteiger partial charge on any atom is 0.174 e. The summed E-state index contributed by atoms with van der Waals surface area (Å²) in [4.78, 5) is 6.97. The number of rotatable bonds is 5. The number of anilines is 2. The molecule has 6 rings (SSSR count).